The third-order valence-corrected chi connectivity index (χ3v) is 6.35. The first-order valence-corrected chi connectivity index (χ1v) is 12.8. The Bertz CT molecular complexity index is 1270. The van der Waals surface area contributed by atoms with Gasteiger partial charge in [-0.2, -0.15) is 22.0 Å². The van der Waals surface area contributed by atoms with Crippen molar-refractivity contribution in [2.75, 3.05) is 13.7 Å². The van der Waals surface area contributed by atoms with Crippen LogP contribution < -0.4 is 20.7 Å². The van der Waals surface area contributed by atoms with Gasteiger partial charge in [0.2, 0.25) is 11.8 Å². The molecule has 0 radical (unpaired) electrons. The number of halogens is 5. The lowest BCUT2D eigenvalue weighted by atomic mass is 9.97. The summed E-state index contributed by atoms with van der Waals surface area (Å²) >= 11 is 0. The van der Waals surface area contributed by atoms with Crippen molar-refractivity contribution in [3.05, 3.63) is 65.2 Å². The van der Waals surface area contributed by atoms with E-state index in [1.54, 1.807) is 12.2 Å². The Kier molecular flexibility index (Phi) is 11.5. The van der Waals surface area contributed by atoms with Gasteiger partial charge < -0.3 is 25.8 Å². The molecule has 4 N–H and O–H groups in total. The summed E-state index contributed by atoms with van der Waals surface area (Å²) in [5.41, 5.74) is -0.424. The fourth-order valence-corrected chi connectivity index (χ4v) is 3.99. The average Bonchev–Trinajstić information content (AvgIpc) is 2.95. The van der Waals surface area contributed by atoms with E-state index in [4.69, 9.17) is 4.74 Å². The Hall–Kier alpha value is -4.07. The molecule has 0 aliphatic carbocycles. The van der Waals surface area contributed by atoms with Crippen molar-refractivity contribution in [3.63, 3.8) is 0 Å². The Morgan fingerprint density at radius 1 is 0.881 bits per heavy atom. The smallest absolute Gasteiger partial charge is 0.452 e. The summed E-state index contributed by atoms with van der Waals surface area (Å²) in [6.07, 6.45) is -5.09. The number of aryl methyl sites for hydroxylation is 1. The van der Waals surface area contributed by atoms with Gasteiger partial charge in [-0.25, -0.2) is 0 Å². The molecule has 0 fully saturated rings. The summed E-state index contributed by atoms with van der Waals surface area (Å²) in [6, 6.07) is 4.84. The van der Waals surface area contributed by atoms with Gasteiger partial charge >= 0.3 is 12.1 Å². The van der Waals surface area contributed by atoms with E-state index in [1.165, 1.54) is 63.4 Å². The SMILES string of the molecule is CCc1ccccc1C(F)(F)C(=O)N[C@@H](CO)C(=O)N[C@H](C(=O)N[C@H](C(=O)C(F)(F)F)C(C)C)c1ccc(OC)cc1. The van der Waals surface area contributed by atoms with Crippen molar-refractivity contribution < 1.29 is 51.0 Å². The van der Waals surface area contributed by atoms with Gasteiger partial charge in [-0.3, -0.25) is 19.2 Å². The summed E-state index contributed by atoms with van der Waals surface area (Å²) in [6.45, 7) is 2.97. The molecule has 0 aliphatic rings. The molecule has 14 heteroatoms. The van der Waals surface area contributed by atoms with Crippen LogP contribution in [0.15, 0.2) is 48.5 Å². The van der Waals surface area contributed by atoms with Crippen LogP contribution in [0.25, 0.3) is 0 Å². The summed E-state index contributed by atoms with van der Waals surface area (Å²) in [5.74, 6) is -11.5. The van der Waals surface area contributed by atoms with Crippen molar-refractivity contribution in [1.29, 1.82) is 0 Å². The van der Waals surface area contributed by atoms with Crippen LogP contribution in [0.3, 0.4) is 0 Å². The first-order chi connectivity index (χ1) is 19.6. The Labute approximate surface area is 238 Å². The van der Waals surface area contributed by atoms with Crippen molar-refractivity contribution in [3.8, 4) is 5.75 Å². The number of carbonyl (C=O) groups is 4. The molecule has 230 valence electrons. The first-order valence-electron chi connectivity index (χ1n) is 12.8. The maximum Gasteiger partial charge on any atom is 0.452 e. The van der Waals surface area contributed by atoms with Gasteiger partial charge in [-0.1, -0.05) is 57.2 Å². The molecule has 0 saturated carbocycles. The second-order valence-electron chi connectivity index (χ2n) is 9.60. The van der Waals surface area contributed by atoms with Gasteiger partial charge in [0, 0.05) is 5.56 Å². The molecular formula is C28H32F5N3O6. The van der Waals surface area contributed by atoms with Gasteiger partial charge in [0.05, 0.1) is 19.8 Å². The van der Waals surface area contributed by atoms with Gasteiger partial charge in [0.1, 0.15) is 17.8 Å². The number of Topliss-reactive ketones (excluding diaryl/α,β-unsaturated/α-hetero) is 1. The molecule has 9 nitrogen and oxygen atoms in total. The highest BCUT2D eigenvalue weighted by Gasteiger charge is 2.46. The monoisotopic (exact) mass is 601 g/mol. The van der Waals surface area contributed by atoms with Crippen molar-refractivity contribution >= 4 is 23.5 Å². The van der Waals surface area contributed by atoms with Crippen molar-refractivity contribution in [2.45, 2.75) is 57.4 Å². The predicted octanol–water partition coefficient (Wildman–Crippen LogP) is 2.96. The van der Waals surface area contributed by atoms with Crippen LogP contribution in [0.5, 0.6) is 5.75 Å². The molecule has 3 atom stereocenters. The van der Waals surface area contributed by atoms with Crippen LogP contribution >= 0.6 is 0 Å². The van der Waals surface area contributed by atoms with Gasteiger partial charge in [0.15, 0.2) is 0 Å². The highest BCUT2D eigenvalue weighted by Crippen LogP contribution is 2.31. The Balaban J connectivity index is 2.36. The Morgan fingerprint density at radius 2 is 1.48 bits per heavy atom. The number of aliphatic hydroxyl groups excluding tert-OH is 1. The van der Waals surface area contributed by atoms with Gasteiger partial charge in [0.25, 0.3) is 11.7 Å². The number of alkyl halides is 5. The number of amides is 3. The number of hydrogen-bond acceptors (Lipinski definition) is 6. The van der Waals surface area contributed by atoms with Crippen LogP contribution in [0.4, 0.5) is 22.0 Å². The van der Waals surface area contributed by atoms with E-state index in [-0.39, 0.29) is 17.5 Å². The maximum atomic E-state index is 15.1. The maximum absolute atomic E-state index is 15.1. The lowest BCUT2D eigenvalue weighted by molar-refractivity contribution is -0.175. The molecule has 0 saturated heterocycles. The second kappa shape index (κ2) is 14.2. The number of ketones is 1. The molecule has 0 spiro atoms. The molecule has 2 rings (SSSR count). The van der Waals surface area contributed by atoms with Gasteiger partial charge in [-0.05, 0) is 35.6 Å². The fourth-order valence-electron chi connectivity index (χ4n) is 3.99. The van der Waals surface area contributed by atoms with Crippen LogP contribution in [-0.4, -0.2) is 60.6 Å². The summed E-state index contributed by atoms with van der Waals surface area (Å²) in [4.78, 5) is 50.7. The summed E-state index contributed by atoms with van der Waals surface area (Å²) in [7, 11) is 1.35. The molecule has 0 aromatic heterocycles. The number of rotatable bonds is 13. The van der Waals surface area contributed by atoms with E-state index >= 15 is 8.78 Å². The van der Waals surface area contributed by atoms with E-state index in [9.17, 15) is 37.5 Å². The third-order valence-electron chi connectivity index (χ3n) is 6.35. The topological polar surface area (TPSA) is 134 Å². The number of carbonyl (C=O) groups excluding carboxylic acids is 4. The lowest BCUT2D eigenvalue weighted by Gasteiger charge is -2.27. The van der Waals surface area contributed by atoms with E-state index in [2.05, 4.69) is 5.32 Å². The van der Waals surface area contributed by atoms with Crippen LogP contribution in [0.2, 0.25) is 0 Å². The van der Waals surface area contributed by atoms with E-state index in [1.807, 2.05) is 5.32 Å². The molecule has 3 amide bonds. The molecule has 0 bridgehead atoms. The highest BCUT2D eigenvalue weighted by molar-refractivity contribution is 5.97. The number of hydrogen-bond donors (Lipinski definition) is 4. The zero-order valence-electron chi connectivity index (χ0n) is 23.2. The normalized spacial score (nSPS) is 14.0. The summed E-state index contributed by atoms with van der Waals surface area (Å²) in [5, 5.41) is 15.7. The third kappa shape index (κ3) is 8.24. The van der Waals surface area contributed by atoms with Gasteiger partial charge in [-0.15, -0.1) is 0 Å². The standard InChI is InChI=1S/C28H32F5N3O6/c1-5-16-8-6-7-9-19(16)27(29,30)26(41)34-20(14-37)24(39)36-22(17-10-12-18(42-4)13-11-17)25(40)35-21(15(2)3)23(38)28(31,32)33/h6-13,15,20-22,37H,5,14H2,1-4H3,(H,34,41)(H,35,40)(H,36,39)/t20-,21-,22-/m0/s1. The zero-order chi connectivity index (χ0) is 31.8. The Morgan fingerprint density at radius 3 is 1.98 bits per heavy atom. The van der Waals surface area contributed by atoms with Crippen molar-refractivity contribution in [2.24, 2.45) is 5.92 Å². The quantitative estimate of drug-likeness (QED) is 0.261. The van der Waals surface area contributed by atoms with E-state index in [0.717, 1.165) is 6.07 Å². The first kappa shape index (κ1) is 34.1. The predicted molar refractivity (Wildman–Crippen MR) is 140 cm³/mol. The number of nitrogens with one attached hydrogen (secondary N) is 3. The number of ether oxygens (including phenoxy) is 1. The molecule has 2 aromatic rings. The van der Waals surface area contributed by atoms with Crippen molar-refractivity contribution in [1.82, 2.24) is 16.0 Å². The minimum Gasteiger partial charge on any atom is -0.497 e. The van der Waals surface area contributed by atoms with E-state index < -0.39 is 71.8 Å². The molecule has 0 heterocycles. The molecule has 0 unspecified atom stereocenters. The van der Waals surface area contributed by atoms with Crippen LogP contribution in [0, 0.1) is 5.92 Å². The molecule has 42 heavy (non-hydrogen) atoms. The fraction of sp³-hybridized carbons (Fsp3) is 0.429. The number of methoxy groups -OCH3 is 1. The number of benzene rings is 2. The van der Waals surface area contributed by atoms with Crippen LogP contribution in [0.1, 0.15) is 43.5 Å². The largest absolute Gasteiger partial charge is 0.497 e. The molecule has 0 aliphatic heterocycles. The molecular weight excluding hydrogens is 569 g/mol. The average molecular weight is 602 g/mol. The minimum absolute atomic E-state index is 0.00818. The highest BCUT2D eigenvalue weighted by atomic mass is 19.4. The minimum atomic E-state index is -5.27. The zero-order valence-corrected chi connectivity index (χ0v) is 23.2. The van der Waals surface area contributed by atoms with E-state index in [0.29, 0.717) is 5.75 Å². The molecule has 2 aromatic carbocycles. The second-order valence-corrected chi connectivity index (χ2v) is 9.60. The van der Waals surface area contributed by atoms with Crippen LogP contribution in [-0.2, 0) is 31.5 Å². The lowest BCUT2D eigenvalue weighted by Crippen LogP contribution is -2.56. The summed E-state index contributed by atoms with van der Waals surface area (Å²) < 4.78 is 74.6. The number of aliphatic hydroxyl groups is 1.